The van der Waals surface area contributed by atoms with Crippen LogP contribution in [0, 0.1) is 0 Å². The molecule has 0 saturated carbocycles. The SMILES string of the molecule is CC(Cl)C(=O)N1CCCC(N)C1. The third kappa shape index (κ3) is 2.35. The number of rotatable bonds is 1. The van der Waals surface area contributed by atoms with Crippen molar-refractivity contribution in [2.75, 3.05) is 13.1 Å². The maximum Gasteiger partial charge on any atom is 0.240 e. The normalized spacial score (nSPS) is 26.9. The van der Waals surface area contributed by atoms with Crippen LogP contribution >= 0.6 is 11.6 Å². The van der Waals surface area contributed by atoms with Crippen LogP contribution in [-0.2, 0) is 4.79 Å². The van der Waals surface area contributed by atoms with Gasteiger partial charge in [0.15, 0.2) is 0 Å². The number of alkyl halides is 1. The second-order valence-corrected chi connectivity index (χ2v) is 3.96. The molecule has 1 amide bonds. The zero-order valence-corrected chi connectivity index (χ0v) is 8.05. The van der Waals surface area contributed by atoms with Gasteiger partial charge in [-0.1, -0.05) is 0 Å². The van der Waals surface area contributed by atoms with Crippen LogP contribution in [0.2, 0.25) is 0 Å². The molecule has 1 rings (SSSR count). The molecule has 70 valence electrons. The van der Waals surface area contributed by atoms with E-state index in [1.807, 2.05) is 0 Å². The van der Waals surface area contributed by atoms with E-state index in [0.717, 1.165) is 19.4 Å². The molecule has 0 aliphatic carbocycles. The van der Waals surface area contributed by atoms with Gasteiger partial charge in [-0.15, -0.1) is 11.6 Å². The minimum absolute atomic E-state index is 0.00631. The number of amides is 1. The fraction of sp³-hybridized carbons (Fsp3) is 0.875. The molecule has 0 spiro atoms. The van der Waals surface area contributed by atoms with Gasteiger partial charge in [-0.2, -0.15) is 0 Å². The standard InChI is InChI=1S/C8H15ClN2O/c1-6(9)8(12)11-4-2-3-7(10)5-11/h6-7H,2-5,10H2,1H3. The lowest BCUT2D eigenvalue weighted by Crippen LogP contribution is -2.47. The van der Waals surface area contributed by atoms with Crippen molar-refractivity contribution in [3.05, 3.63) is 0 Å². The van der Waals surface area contributed by atoms with Crippen molar-refractivity contribution in [3.63, 3.8) is 0 Å². The van der Waals surface area contributed by atoms with Crippen molar-refractivity contribution in [1.82, 2.24) is 4.90 Å². The van der Waals surface area contributed by atoms with Gasteiger partial charge in [0.2, 0.25) is 5.91 Å². The first-order valence-corrected chi connectivity index (χ1v) is 4.73. The Morgan fingerprint density at radius 2 is 2.42 bits per heavy atom. The molecule has 3 nitrogen and oxygen atoms in total. The van der Waals surface area contributed by atoms with E-state index in [4.69, 9.17) is 17.3 Å². The van der Waals surface area contributed by atoms with Crippen molar-refractivity contribution in [2.24, 2.45) is 5.73 Å². The second kappa shape index (κ2) is 4.10. The lowest BCUT2D eigenvalue weighted by molar-refractivity contribution is -0.131. The molecule has 12 heavy (non-hydrogen) atoms. The third-order valence-electron chi connectivity index (χ3n) is 2.11. The van der Waals surface area contributed by atoms with E-state index >= 15 is 0 Å². The van der Waals surface area contributed by atoms with Gasteiger partial charge >= 0.3 is 0 Å². The van der Waals surface area contributed by atoms with Gasteiger partial charge in [0, 0.05) is 19.1 Å². The van der Waals surface area contributed by atoms with E-state index in [1.165, 1.54) is 0 Å². The highest BCUT2D eigenvalue weighted by molar-refractivity contribution is 6.30. The van der Waals surface area contributed by atoms with Crippen LogP contribution in [-0.4, -0.2) is 35.3 Å². The highest BCUT2D eigenvalue weighted by Crippen LogP contribution is 2.11. The number of halogens is 1. The summed E-state index contributed by atoms with van der Waals surface area (Å²) in [6.45, 7) is 3.17. The van der Waals surface area contributed by atoms with Gasteiger partial charge in [0.25, 0.3) is 0 Å². The Morgan fingerprint density at radius 3 is 2.92 bits per heavy atom. The summed E-state index contributed by atoms with van der Waals surface area (Å²) in [6.07, 6.45) is 2.01. The van der Waals surface area contributed by atoms with Gasteiger partial charge in [-0.3, -0.25) is 4.79 Å². The summed E-state index contributed by atoms with van der Waals surface area (Å²) >= 11 is 5.68. The third-order valence-corrected chi connectivity index (χ3v) is 2.30. The predicted octanol–water partition coefficient (Wildman–Crippen LogP) is 0.563. The first-order valence-electron chi connectivity index (χ1n) is 4.29. The van der Waals surface area contributed by atoms with Crippen molar-refractivity contribution < 1.29 is 4.79 Å². The maximum atomic E-state index is 11.4. The van der Waals surface area contributed by atoms with E-state index in [1.54, 1.807) is 11.8 Å². The summed E-state index contributed by atoms with van der Waals surface area (Å²) in [5, 5.41) is -0.421. The van der Waals surface area contributed by atoms with Crippen LogP contribution in [0.5, 0.6) is 0 Å². The number of nitrogens with two attached hydrogens (primary N) is 1. The minimum Gasteiger partial charge on any atom is -0.340 e. The molecule has 1 heterocycles. The van der Waals surface area contributed by atoms with E-state index in [0.29, 0.717) is 6.54 Å². The zero-order chi connectivity index (χ0) is 9.14. The first kappa shape index (κ1) is 9.81. The molecule has 1 saturated heterocycles. The molecule has 0 bridgehead atoms. The smallest absolute Gasteiger partial charge is 0.240 e. The van der Waals surface area contributed by atoms with E-state index in [2.05, 4.69) is 0 Å². The zero-order valence-electron chi connectivity index (χ0n) is 7.29. The number of hydrogen-bond donors (Lipinski definition) is 1. The molecule has 0 aromatic rings. The fourth-order valence-electron chi connectivity index (χ4n) is 1.46. The highest BCUT2D eigenvalue weighted by atomic mass is 35.5. The number of nitrogens with zero attached hydrogens (tertiary/aromatic N) is 1. The maximum absolute atomic E-state index is 11.4. The molecule has 1 aliphatic heterocycles. The van der Waals surface area contributed by atoms with Gasteiger partial charge < -0.3 is 10.6 Å². The Hall–Kier alpha value is -0.280. The molecule has 2 N–H and O–H groups in total. The summed E-state index contributed by atoms with van der Waals surface area (Å²) in [5.41, 5.74) is 5.73. The Bertz CT molecular complexity index is 172. The highest BCUT2D eigenvalue weighted by Gasteiger charge is 2.23. The van der Waals surface area contributed by atoms with Crippen LogP contribution in [0.3, 0.4) is 0 Å². The lowest BCUT2D eigenvalue weighted by Gasteiger charge is -2.31. The molecular formula is C8H15ClN2O. The molecule has 0 aromatic carbocycles. The number of carbonyl (C=O) groups excluding carboxylic acids is 1. The van der Waals surface area contributed by atoms with Gasteiger partial charge in [0.05, 0.1) is 0 Å². The van der Waals surface area contributed by atoms with Crippen molar-refractivity contribution >= 4 is 17.5 Å². The van der Waals surface area contributed by atoms with Crippen LogP contribution < -0.4 is 5.73 Å². The second-order valence-electron chi connectivity index (χ2n) is 3.30. The summed E-state index contributed by atoms with van der Waals surface area (Å²) in [6, 6.07) is 0.137. The van der Waals surface area contributed by atoms with E-state index in [-0.39, 0.29) is 11.9 Å². The first-order chi connectivity index (χ1) is 5.61. The molecule has 0 radical (unpaired) electrons. The predicted molar refractivity (Wildman–Crippen MR) is 49.1 cm³/mol. The summed E-state index contributed by atoms with van der Waals surface area (Å²) in [7, 11) is 0. The van der Waals surface area contributed by atoms with Crippen LogP contribution in [0.1, 0.15) is 19.8 Å². The average Bonchev–Trinajstić information content (AvgIpc) is 2.03. The Morgan fingerprint density at radius 1 is 1.75 bits per heavy atom. The molecule has 4 heteroatoms. The molecule has 2 atom stereocenters. The molecular weight excluding hydrogens is 176 g/mol. The van der Waals surface area contributed by atoms with Crippen molar-refractivity contribution in [1.29, 1.82) is 0 Å². The molecule has 1 aliphatic rings. The number of likely N-dealkylation sites (tertiary alicyclic amines) is 1. The number of hydrogen-bond acceptors (Lipinski definition) is 2. The van der Waals surface area contributed by atoms with Gasteiger partial charge in [-0.25, -0.2) is 0 Å². The average molecular weight is 191 g/mol. The molecule has 1 fully saturated rings. The van der Waals surface area contributed by atoms with Crippen molar-refractivity contribution in [3.8, 4) is 0 Å². The summed E-state index contributed by atoms with van der Waals surface area (Å²) in [4.78, 5) is 13.1. The summed E-state index contributed by atoms with van der Waals surface area (Å²) < 4.78 is 0. The number of piperidine rings is 1. The minimum atomic E-state index is -0.421. The van der Waals surface area contributed by atoms with E-state index in [9.17, 15) is 4.79 Å². The van der Waals surface area contributed by atoms with E-state index < -0.39 is 5.38 Å². The number of carbonyl (C=O) groups is 1. The Labute approximate surface area is 77.9 Å². The molecule has 2 unspecified atom stereocenters. The fourth-order valence-corrected chi connectivity index (χ4v) is 1.60. The van der Waals surface area contributed by atoms with Gasteiger partial charge in [0.1, 0.15) is 5.38 Å². The quantitative estimate of drug-likeness (QED) is 0.615. The monoisotopic (exact) mass is 190 g/mol. The topological polar surface area (TPSA) is 46.3 Å². The Kier molecular flexibility index (Phi) is 3.35. The lowest BCUT2D eigenvalue weighted by atomic mass is 10.1. The largest absolute Gasteiger partial charge is 0.340 e. The molecule has 0 aromatic heterocycles. The van der Waals surface area contributed by atoms with Crippen LogP contribution in [0.15, 0.2) is 0 Å². The summed E-state index contributed by atoms with van der Waals surface area (Å²) in [5.74, 6) is 0.00631. The Balaban J connectivity index is 2.46. The van der Waals surface area contributed by atoms with Crippen LogP contribution in [0.25, 0.3) is 0 Å². The van der Waals surface area contributed by atoms with Crippen LogP contribution in [0.4, 0.5) is 0 Å². The van der Waals surface area contributed by atoms with Gasteiger partial charge in [-0.05, 0) is 19.8 Å². The van der Waals surface area contributed by atoms with Crippen molar-refractivity contribution in [2.45, 2.75) is 31.2 Å².